The summed E-state index contributed by atoms with van der Waals surface area (Å²) in [6.45, 7) is 0. The molecule has 0 aliphatic heterocycles. The molecule has 9 rings (SSSR count). The number of fused-ring (bicyclic) bond motifs is 8. The van der Waals surface area contributed by atoms with Crippen molar-refractivity contribution in [2.45, 2.75) is 0 Å². The minimum atomic E-state index is 0.601. The fourth-order valence-corrected chi connectivity index (χ4v) is 6.48. The number of rotatable bonds is 3. The lowest BCUT2D eigenvalue weighted by Gasteiger charge is -2.14. The topological polar surface area (TPSA) is 43.6 Å². The Kier molecular flexibility index (Phi) is 5.16. The van der Waals surface area contributed by atoms with Crippen molar-refractivity contribution in [2.24, 2.45) is 0 Å². The number of para-hydroxylation sites is 1. The summed E-state index contributed by atoms with van der Waals surface area (Å²) in [5.74, 6) is 1.89. The van der Waals surface area contributed by atoms with Crippen molar-refractivity contribution < 1.29 is 0 Å². The molecule has 0 fully saturated rings. The summed E-state index contributed by atoms with van der Waals surface area (Å²) in [6, 6.07) is 50.9. The normalized spacial score (nSPS) is 11.7. The maximum Gasteiger partial charge on any atom is 0.238 e. The van der Waals surface area contributed by atoms with E-state index in [0.29, 0.717) is 17.6 Å². The van der Waals surface area contributed by atoms with E-state index in [-0.39, 0.29) is 0 Å². The van der Waals surface area contributed by atoms with Crippen LogP contribution in [0.15, 0.2) is 146 Å². The van der Waals surface area contributed by atoms with E-state index >= 15 is 0 Å². The summed E-state index contributed by atoms with van der Waals surface area (Å²) in [4.78, 5) is 15.6. The second-order valence-electron chi connectivity index (χ2n) is 10.9. The molecule has 7 aromatic carbocycles. The molecule has 0 atom stereocenters. The summed E-state index contributed by atoms with van der Waals surface area (Å²) in [5, 5.41) is 9.35. The first kappa shape index (κ1) is 23.8. The molecule has 200 valence electrons. The molecule has 0 saturated carbocycles. The van der Waals surface area contributed by atoms with Gasteiger partial charge in [0.05, 0.1) is 11.0 Å². The minimum absolute atomic E-state index is 0.601. The number of benzene rings is 7. The Morgan fingerprint density at radius 1 is 0.395 bits per heavy atom. The molecule has 4 nitrogen and oxygen atoms in total. The molecule has 9 aromatic rings. The van der Waals surface area contributed by atoms with Crippen LogP contribution in [-0.2, 0) is 0 Å². The number of aromatic nitrogens is 4. The van der Waals surface area contributed by atoms with Gasteiger partial charge in [0.2, 0.25) is 5.95 Å². The lowest BCUT2D eigenvalue weighted by atomic mass is 9.97. The third-order valence-corrected chi connectivity index (χ3v) is 8.42. The molecule has 0 unspecified atom stereocenters. The Morgan fingerprint density at radius 2 is 1.02 bits per heavy atom. The van der Waals surface area contributed by atoms with Crippen molar-refractivity contribution in [1.29, 1.82) is 0 Å². The van der Waals surface area contributed by atoms with E-state index in [4.69, 9.17) is 15.0 Å². The van der Waals surface area contributed by atoms with Crippen molar-refractivity contribution in [1.82, 2.24) is 19.5 Å². The van der Waals surface area contributed by atoms with Gasteiger partial charge in [-0.1, -0.05) is 133 Å². The van der Waals surface area contributed by atoms with Gasteiger partial charge in [-0.3, -0.25) is 4.57 Å². The molecule has 0 spiro atoms. The van der Waals surface area contributed by atoms with Crippen molar-refractivity contribution >= 4 is 54.1 Å². The SMILES string of the molecule is c1ccc(-c2nc(-c3cc4ccccc4c4ccccc34)nc(-n3c4ccccc4c4ccc5ccccc5c43)n2)cc1. The second kappa shape index (κ2) is 9.33. The molecular formula is C39H24N4. The minimum Gasteiger partial charge on any atom is -0.277 e. The number of hydrogen-bond acceptors (Lipinski definition) is 3. The average Bonchev–Trinajstić information content (AvgIpc) is 3.43. The predicted octanol–water partition coefficient (Wildman–Crippen LogP) is 9.76. The molecule has 0 N–H and O–H groups in total. The van der Waals surface area contributed by atoms with E-state index in [2.05, 4.69) is 132 Å². The van der Waals surface area contributed by atoms with E-state index in [1.54, 1.807) is 0 Å². The average molecular weight is 549 g/mol. The smallest absolute Gasteiger partial charge is 0.238 e. The summed E-state index contributed by atoms with van der Waals surface area (Å²) in [7, 11) is 0. The fourth-order valence-electron chi connectivity index (χ4n) is 6.48. The van der Waals surface area contributed by atoms with Crippen LogP contribution in [0, 0.1) is 0 Å². The van der Waals surface area contributed by atoms with Crippen LogP contribution < -0.4 is 0 Å². The van der Waals surface area contributed by atoms with Crippen molar-refractivity contribution in [2.75, 3.05) is 0 Å². The monoisotopic (exact) mass is 548 g/mol. The Hall–Kier alpha value is -5.87. The molecule has 2 heterocycles. The molecular weight excluding hydrogens is 524 g/mol. The Bertz CT molecular complexity index is 2510. The molecule has 0 bridgehead atoms. The van der Waals surface area contributed by atoms with Crippen molar-refractivity contribution in [3.8, 4) is 28.7 Å². The van der Waals surface area contributed by atoms with Gasteiger partial charge in [-0.2, -0.15) is 9.97 Å². The van der Waals surface area contributed by atoms with Gasteiger partial charge in [0.15, 0.2) is 11.6 Å². The van der Waals surface area contributed by atoms with Gasteiger partial charge >= 0.3 is 0 Å². The quantitative estimate of drug-likeness (QED) is 0.206. The molecule has 0 aliphatic rings. The highest BCUT2D eigenvalue weighted by atomic mass is 15.2. The van der Waals surface area contributed by atoms with Gasteiger partial charge in [-0.15, -0.1) is 0 Å². The van der Waals surface area contributed by atoms with E-state index in [0.717, 1.165) is 38.3 Å². The largest absolute Gasteiger partial charge is 0.277 e. The lowest BCUT2D eigenvalue weighted by molar-refractivity contribution is 0.956. The van der Waals surface area contributed by atoms with Gasteiger partial charge in [0.1, 0.15) is 0 Å². The molecule has 0 radical (unpaired) electrons. The van der Waals surface area contributed by atoms with Gasteiger partial charge in [0.25, 0.3) is 0 Å². The third-order valence-electron chi connectivity index (χ3n) is 8.42. The zero-order valence-electron chi connectivity index (χ0n) is 23.1. The van der Waals surface area contributed by atoms with Crippen LogP contribution in [0.25, 0.3) is 82.8 Å². The first-order valence-corrected chi connectivity index (χ1v) is 14.5. The Morgan fingerprint density at radius 3 is 1.86 bits per heavy atom. The van der Waals surface area contributed by atoms with E-state index < -0.39 is 0 Å². The predicted molar refractivity (Wildman–Crippen MR) is 178 cm³/mol. The van der Waals surface area contributed by atoms with Crippen molar-refractivity contribution in [3.05, 3.63) is 146 Å². The lowest BCUT2D eigenvalue weighted by Crippen LogP contribution is -2.06. The van der Waals surface area contributed by atoms with Crippen LogP contribution in [0.3, 0.4) is 0 Å². The van der Waals surface area contributed by atoms with Crippen molar-refractivity contribution in [3.63, 3.8) is 0 Å². The highest BCUT2D eigenvalue weighted by Gasteiger charge is 2.20. The van der Waals surface area contributed by atoms with Crippen LogP contribution in [0.1, 0.15) is 0 Å². The van der Waals surface area contributed by atoms with Crippen LogP contribution >= 0.6 is 0 Å². The van der Waals surface area contributed by atoms with Crippen LogP contribution in [-0.4, -0.2) is 19.5 Å². The van der Waals surface area contributed by atoms with Gasteiger partial charge in [0, 0.05) is 27.3 Å². The zero-order chi connectivity index (χ0) is 28.3. The zero-order valence-corrected chi connectivity index (χ0v) is 23.1. The molecule has 0 saturated heterocycles. The highest BCUT2D eigenvalue weighted by molar-refractivity contribution is 6.18. The standard InChI is InChI=1S/C39H24N4/c1-2-13-26(14-3-1)37-40-38(34-24-27-15-5-6-16-28(27)30-18-8-9-19-31(30)34)42-39(41-37)43-35-21-11-10-20-32(35)33-23-22-25-12-4-7-17-29(25)36(33)43/h1-24H. The summed E-state index contributed by atoms with van der Waals surface area (Å²) in [6.07, 6.45) is 0. The Balaban J connectivity index is 1.43. The number of nitrogens with zero attached hydrogens (tertiary/aromatic N) is 4. The van der Waals surface area contributed by atoms with Gasteiger partial charge in [-0.05, 0) is 39.1 Å². The molecule has 4 heteroatoms. The fraction of sp³-hybridized carbons (Fsp3) is 0. The highest BCUT2D eigenvalue weighted by Crippen LogP contribution is 2.38. The van der Waals surface area contributed by atoms with E-state index in [9.17, 15) is 0 Å². The first-order valence-electron chi connectivity index (χ1n) is 14.5. The second-order valence-corrected chi connectivity index (χ2v) is 10.9. The number of hydrogen-bond donors (Lipinski definition) is 0. The summed E-state index contributed by atoms with van der Waals surface area (Å²) >= 11 is 0. The van der Waals surface area contributed by atoms with Crippen LogP contribution in [0.5, 0.6) is 0 Å². The van der Waals surface area contributed by atoms with E-state index in [1.165, 1.54) is 26.9 Å². The van der Waals surface area contributed by atoms with E-state index in [1.807, 2.05) is 18.2 Å². The maximum absolute atomic E-state index is 5.28. The summed E-state index contributed by atoms with van der Waals surface area (Å²) < 4.78 is 2.22. The van der Waals surface area contributed by atoms with Gasteiger partial charge in [-0.25, -0.2) is 4.98 Å². The van der Waals surface area contributed by atoms with Crippen LogP contribution in [0.4, 0.5) is 0 Å². The third kappa shape index (κ3) is 3.67. The molecule has 0 aliphatic carbocycles. The summed E-state index contributed by atoms with van der Waals surface area (Å²) in [5.41, 5.74) is 4.09. The molecule has 2 aromatic heterocycles. The van der Waals surface area contributed by atoms with Crippen LogP contribution in [0.2, 0.25) is 0 Å². The Labute approximate surface area is 247 Å². The van der Waals surface area contributed by atoms with Gasteiger partial charge < -0.3 is 0 Å². The maximum atomic E-state index is 5.28. The molecule has 43 heavy (non-hydrogen) atoms. The molecule has 0 amide bonds. The first-order chi connectivity index (χ1) is 21.3.